The minimum atomic E-state index is -1.04. The van der Waals surface area contributed by atoms with Gasteiger partial charge in [0, 0.05) is 0 Å². The number of rotatable bonds is 4. The van der Waals surface area contributed by atoms with Gasteiger partial charge in [0.15, 0.2) is 0 Å². The van der Waals surface area contributed by atoms with Crippen molar-refractivity contribution < 1.29 is 15.0 Å². The summed E-state index contributed by atoms with van der Waals surface area (Å²) in [5.41, 5.74) is 1.74. The lowest BCUT2D eigenvalue weighted by Gasteiger charge is -2.02. The molecule has 0 spiro atoms. The van der Waals surface area contributed by atoms with Crippen molar-refractivity contribution >= 4 is 17.3 Å². The second-order valence-electron chi connectivity index (χ2n) is 4.19. The van der Waals surface area contributed by atoms with E-state index in [2.05, 4.69) is 10.2 Å². The van der Waals surface area contributed by atoms with Gasteiger partial charge in [-0.1, -0.05) is 19.1 Å². The summed E-state index contributed by atoms with van der Waals surface area (Å²) >= 11 is 0. The van der Waals surface area contributed by atoms with Crippen molar-refractivity contribution in [1.29, 1.82) is 0 Å². The highest BCUT2D eigenvalue weighted by Gasteiger charge is 2.08. The number of phenols is 1. The minimum absolute atomic E-state index is 0.103. The van der Waals surface area contributed by atoms with Crippen LogP contribution in [0.3, 0.4) is 0 Å². The molecule has 0 aliphatic rings. The molecule has 5 nitrogen and oxygen atoms in total. The summed E-state index contributed by atoms with van der Waals surface area (Å²) in [6.45, 7) is 1.93. The molecule has 2 N–H and O–H groups in total. The van der Waals surface area contributed by atoms with E-state index >= 15 is 0 Å². The number of hydrogen-bond acceptors (Lipinski definition) is 4. The first kappa shape index (κ1) is 13.7. The molecule has 0 aliphatic heterocycles. The lowest BCUT2D eigenvalue weighted by atomic mass is 10.1. The Balaban J connectivity index is 2.32. The third kappa shape index (κ3) is 3.00. The minimum Gasteiger partial charge on any atom is -0.508 e. The monoisotopic (exact) mass is 270 g/mol. The molecule has 0 amide bonds. The molecule has 5 heteroatoms. The number of aromatic carboxylic acids is 1. The van der Waals surface area contributed by atoms with Crippen LogP contribution in [0.4, 0.5) is 11.4 Å². The molecule has 0 saturated heterocycles. The predicted octanol–water partition coefficient (Wildman–Crippen LogP) is 4.07. The van der Waals surface area contributed by atoms with Gasteiger partial charge in [0.1, 0.15) is 11.4 Å². The summed E-state index contributed by atoms with van der Waals surface area (Å²) in [7, 11) is 0. The lowest BCUT2D eigenvalue weighted by Crippen LogP contribution is -1.95. The van der Waals surface area contributed by atoms with Crippen molar-refractivity contribution in [2.45, 2.75) is 13.3 Å². The van der Waals surface area contributed by atoms with Crippen molar-refractivity contribution in [1.82, 2.24) is 0 Å². The van der Waals surface area contributed by atoms with Gasteiger partial charge >= 0.3 is 5.97 Å². The van der Waals surface area contributed by atoms with Crippen LogP contribution in [-0.2, 0) is 6.42 Å². The maximum atomic E-state index is 11.0. The van der Waals surface area contributed by atoms with E-state index in [1.54, 1.807) is 36.4 Å². The van der Waals surface area contributed by atoms with Crippen LogP contribution < -0.4 is 0 Å². The molecule has 0 saturated carbocycles. The zero-order chi connectivity index (χ0) is 14.5. The molecule has 2 aromatic rings. The van der Waals surface area contributed by atoms with Gasteiger partial charge < -0.3 is 10.2 Å². The van der Waals surface area contributed by atoms with Crippen molar-refractivity contribution in [2.24, 2.45) is 10.2 Å². The van der Waals surface area contributed by atoms with Crippen molar-refractivity contribution in [3.8, 4) is 5.75 Å². The Morgan fingerprint density at radius 2 is 1.90 bits per heavy atom. The molecule has 0 atom stereocenters. The molecule has 20 heavy (non-hydrogen) atoms. The summed E-state index contributed by atoms with van der Waals surface area (Å²) in [6, 6.07) is 11.3. The Labute approximate surface area is 116 Å². The van der Waals surface area contributed by atoms with E-state index in [1.165, 1.54) is 6.07 Å². The summed E-state index contributed by atoms with van der Waals surface area (Å²) in [5, 5.41) is 26.6. The van der Waals surface area contributed by atoms with Crippen molar-refractivity contribution in [2.75, 3.05) is 0 Å². The van der Waals surface area contributed by atoms with E-state index in [1.807, 2.05) is 6.92 Å². The second-order valence-corrected chi connectivity index (χ2v) is 4.19. The fourth-order valence-corrected chi connectivity index (χ4v) is 1.77. The third-order valence-corrected chi connectivity index (χ3v) is 2.85. The van der Waals surface area contributed by atoms with Crippen LogP contribution in [0, 0.1) is 0 Å². The van der Waals surface area contributed by atoms with Crippen LogP contribution in [0.1, 0.15) is 22.8 Å². The maximum Gasteiger partial charge on any atom is 0.337 e. The number of nitrogens with zero attached hydrogens (tertiary/aromatic N) is 2. The van der Waals surface area contributed by atoms with Gasteiger partial charge in [-0.2, -0.15) is 5.11 Å². The van der Waals surface area contributed by atoms with Gasteiger partial charge in [-0.05, 0) is 42.3 Å². The van der Waals surface area contributed by atoms with Crippen LogP contribution >= 0.6 is 0 Å². The van der Waals surface area contributed by atoms with Gasteiger partial charge in [-0.25, -0.2) is 4.79 Å². The van der Waals surface area contributed by atoms with E-state index in [9.17, 15) is 9.90 Å². The first-order chi connectivity index (χ1) is 9.61. The number of azo groups is 1. The lowest BCUT2D eigenvalue weighted by molar-refractivity contribution is 0.0697. The van der Waals surface area contributed by atoms with Crippen LogP contribution in [-0.4, -0.2) is 16.2 Å². The number of benzene rings is 2. The molecule has 0 unspecified atom stereocenters. The van der Waals surface area contributed by atoms with Gasteiger partial charge in [0.2, 0.25) is 0 Å². The Morgan fingerprint density at radius 1 is 1.15 bits per heavy atom. The highest BCUT2D eigenvalue weighted by Crippen LogP contribution is 2.26. The molecule has 102 valence electrons. The Hall–Kier alpha value is -2.69. The highest BCUT2D eigenvalue weighted by molar-refractivity contribution is 5.93. The molecular formula is C15H14N2O3. The van der Waals surface area contributed by atoms with Gasteiger partial charge in [0.05, 0.1) is 11.3 Å². The molecular weight excluding hydrogens is 256 g/mol. The van der Waals surface area contributed by atoms with Crippen LogP contribution in [0.2, 0.25) is 0 Å². The zero-order valence-corrected chi connectivity index (χ0v) is 10.9. The largest absolute Gasteiger partial charge is 0.508 e. The number of aromatic hydroxyl groups is 1. The fraction of sp³-hybridized carbons (Fsp3) is 0.133. The average molecular weight is 270 g/mol. The van der Waals surface area contributed by atoms with Crippen LogP contribution in [0.5, 0.6) is 5.75 Å². The SMILES string of the molecule is CCc1cc(N=Nc2ccccc2C(=O)O)ccc1O. The fourth-order valence-electron chi connectivity index (χ4n) is 1.77. The number of aryl methyl sites for hydroxylation is 1. The van der Waals surface area contributed by atoms with Crippen molar-refractivity contribution in [3.05, 3.63) is 53.6 Å². The van der Waals surface area contributed by atoms with Crippen molar-refractivity contribution in [3.63, 3.8) is 0 Å². The van der Waals surface area contributed by atoms with E-state index in [0.717, 1.165) is 5.56 Å². The number of phenolic OH excluding ortho intramolecular Hbond substituents is 1. The smallest absolute Gasteiger partial charge is 0.337 e. The second kappa shape index (κ2) is 5.97. The number of carboxylic acids is 1. The molecule has 0 bridgehead atoms. The molecule has 0 aromatic heterocycles. The van der Waals surface area contributed by atoms with Gasteiger partial charge in [-0.3, -0.25) is 0 Å². The van der Waals surface area contributed by atoms with E-state index in [4.69, 9.17) is 5.11 Å². The predicted molar refractivity (Wildman–Crippen MR) is 75.1 cm³/mol. The first-order valence-electron chi connectivity index (χ1n) is 6.17. The van der Waals surface area contributed by atoms with E-state index < -0.39 is 5.97 Å². The highest BCUT2D eigenvalue weighted by atomic mass is 16.4. The molecule has 0 heterocycles. The van der Waals surface area contributed by atoms with E-state index in [-0.39, 0.29) is 11.3 Å². The summed E-state index contributed by atoms with van der Waals surface area (Å²) in [6.07, 6.45) is 0.681. The molecule has 0 fully saturated rings. The Bertz CT molecular complexity index is 666. The third-order valence-electron chi connectivity index (χ3n) is 2.85. The standard InChI is InChI=1S/C15H14N2O3/c1-2-10-9-11(7-8-14(10)18)16-17-13-6-4-3-5-12(13)15(19)20/h3-9,18H,2H2,1H3,(H,19,20). The quantitative estimate of drug-likeness (QED) is 0.821. The number of carboxylic acid groups (broad SMARTS) is 1. The number of hydrogen-bond donors (Lipinski definition) is 2. The van der Waals surface area contributed by atoms with Crippen LogP contribution in [0.15, 0.2) is 52.7 Å². The Morgan fingerprint density at radius 3 is 2.60 bits per heavy atom. The zero-order valence-electron chi connectivity index (χ0n) is 10.9. The molecule has 2 aromatic carbocycles. The van der Waals surface area contributed by atoms with Gasteiger partial charge in [0.25, 0.3) is 0 Å². The Kier molecular flexibility index (Phi) is 4.10. The molecule has 0 aliphatic carbocycles. The van der Waals surface area contributed by atoms with E-state index in [0.29, 0.717) is 17.8 Å². The van der Waals surface area contributed by atoms with Gasteiger partial charge in [-0.15, -0.1) is 5.11 Å². The van der Waals surface area contributed by atoms with Crippen LogP contribution in [0.25, 0.3) is 0 Å². The maximum absolute atomic E-state index is 11.0. The molecule has 0 radical (unpaired) electrons. The first-order valence-corrected chi connectivity index (χ1v) is 6.17. The topological polar surface area (TPSA) is 82.2 Å². The number of carbonyl (C=O) groups is 1. The summed E-state index contributed by atoms with van der Waals surface area (Å²) in [4.78, 5) is 11.0. The average Bonchev–Trinajstić information content (AvgIpc) is 2.46. The normalized spacial score (nSPS) is 10.8. The molecule has 2 rings (SSSR count). The summed E-state index contributed by atoms with van der Waals surface area (Å²) < 4.78 is 0. The summed E-state index contributed by atoms with van der Waals surface area (Å²) in [5.74, 6) is -0.822.